The largest absolute Gasteiger partial charge is 0.497 e. The molecule has 2 rings (SSSR count). The molecule has 7 heteroatoms. The number of rotatable bonds is 7. The summed E-state index contributed by atoms with van der Waals surface area (Å²) in [6, 6.07) is 13.7. The van der Waals surface area contributed by atoms with Crippen LogP contribution in [0.1, 0.15) is 0 Å². The Morgan fingerprint density at radius 3 is 2.26 bits per heavy atom. The van der Waals surface area contributed by atoms with Gasteiger partial charge < -0.3 is 9.64 Å². The van der Waals surface area contributed by atoms with Crippen LogP contribution in [0.2, 0.25) is 5.02 Å². The number of hydrogen-bond acceptors (Lipinski definition) is 4. The Balaban J connectivity index is 1.92. The average Bonchev–Trinajstić information content (AvgIpc) is 2.55. The van der Waals surface area contributed by atoms with E-state index in [-0.39, 0.29) is 4.90 Å². The van der Waals surface area contributed by atoms with E-state index < -0.39 is 10.0 Å². The third-order valence-corrected chi connectivity index (χ3v) is 5.11. The molecule has 0 amide bonds. The highest BCUT2D eigenvalue weighted by molar-refractivity contribution is 7.89. The number of nitrogens with one attached hydrogen (secondary N) is 1. The van der Waals surface area contributed by atoms with Crippen molar-refractivity contribution in [3.63, 3.8) is 0 Å². The van der Waals surface area contributed by atoms with Crippen molar-refractivity contribution in [3.05, 3.63) is 53.6 Å². The normalized spacial score (nSPS) is 11.3. The molecule has 1 N–H and O–H groups in total. The molecule has 0 heterocycles. The molecule has 0 radical (unpaired) electrons. The van der Waals surface area contributed by atoms with Gasteiger partial charge in [-0.2, -0.15) is 0 Å². The van der Waals surface area contributed by atoms with Crippen molar-refractivity contribution in [2.75, 3.05) is 32.1 Å². The molecule has 2 aromatic carbocycles. The molecule has 5 nitrogen and oxygen atoms in total. The fraction of sp³-hybridized carbons (Fsp3) is 0.250. The second-order valence-corrected chi connectivity index (χ2v) is 7.17. The van der Waals surface area contributed by atoms with Crippen LogP contribution in [0, 0.1) is 0 Å². The van der Waals surface area contributed by atoms with E-state index in [1.807, 2.05) is 24.1 Å². The smallest absolute Gasteiger partial charge is 0.240 e. The first kappa shape index (κ1) is 17.6. The van der Waals surface area contributed by atoms with Crippen molar-refractivity contribution in [2.24, 2.45) is 0 Å². The Labute approximate surface area is 141 Å². The second kappa shape index (κ2) is 7.68. The second-order valence-electron chi connectivity index (χ2n) is 4.97. The summed E-state index contributed by atoms with van der Waals surface area (Å²) in [6.07, 6.45) is 0. The topological polar surface area (TPSA) is 58.6 Å². The van der Waals surface area contributed by atoms with Crippen LogP contribution in [-0.4, -0.2) is 35.7 Å². The predicted molar refractivity (Wildman–Crippen MR) is 92.9 cm³/mol. The quantitative estimate of drug-likeness (QED) is 0.830. The minimum Gasteiger partial charge on any atom is -0.497 e. The van der Waals surface area contributed by atoms with Gasteiger partial charge in [-0.25, -0.2) is 13.1 Å². The predicted octanol–water partition coefficient (Wildman–Crippen LogP) is 2.76. The molecular formula is C16H19ClN2O3S. The van der Waals surface area contributed by atoms with Crippen molar-refractivity contribution in [3.8, 4) is 5.75 Å². The van der Waals surface area contributed by atoms with E-state index in [4.69, 9.17) is 16.3 Å². The first-order valence-electron chi connectivity index (χ1n) is 7.03. The molecule has 0 aliphatic rings. The van der Waals surface area contributed by atoms with Gasteiger partial charge in [-0.15, -0.1) is 0 Å². The van der Waals surface area contributed by atoms with Crippen molar-refractivity contribution >= 4 is 27.3 Å². The molecule has 0 aliphatic heterocycles. The molecule has 0 aromatic heterocycles. The Morgan fingerprint density at radius 2 is 1.70 bits per heavy atom. The molecule has 0 atom stereocenters. The van der Waals surface area contributed by atoms with Crippen molar-refractivity contribution in [2.45, 2.75) is 4.90 Å². The minimum atomic E-state index is -3.52. The Bertz CT molecular complexity index is 731. The Hall–Kier alpha value is -1.76. The third-order valence-electron chi connectivity index (χ3n) is 3.38. The zero-order valence-electron chi connectivity index (χ0n) is 13.0. The summed E-state index contributed by atoms with van der Waals surface area (Å²) in [5.74, 6) is 0.617. The summed E-state index contributed by atoms with van der Waals surface area (Å²) in [4.78, 5) is 2.17. The number of anilines is 1. The lowest BCUT2D eigenvalue weighted by molar-refractivity contribution is 0.414. The lowest BCUT2D eigenvalue weighted by atomic mass is 10.3. The van der Waals surface area contributed by atoms with Crippen molar-refractivity contribution < 1.29 is 13.2 Å². The summed E-state index contributed by atoms with van der Waals surface area (Å²) in [5.41, 5.74) is 0.970. The van der Waals surface area contributed by atoms with E-state index in [1.165, 1.54) is 19.2 Å². The fourth-order valence-electron chi connectivity index (χ4n) is 2.01. The van der Waals surface area contributed by atoms with Gasteiger partial charge in [0.1, 0.15) is 5.75 Å². The third kappa shape index (κ3) is 4.86. The summed E-state index contributed by atoms with van der Waals surface area (Å²) >= 11 is 5.85. The van der Waals surface area contributed by atoms with Gasteiger partial charge in [-0.05, 0) is 48.5 Å². The van der Waals surface area contributed by atoms with Crippen LogP contribution in [0.4, 0.5) is 5.69 Å². The lowest BCUT2D eigenvalue weighted by Gasteiger charge is -2.19. The molecule has 0 bridgehead atoms. The van der Waals surface area contributed by atoms with E-state index in [1.54, 1.807) is 24.3 Å². The van der Waals surface area contributed by atoms with Gasteiger partial charge in [0.2, 0.25) is 10.0 Å². The van der Waals surface area contributed by atoms with E-state index >= 15 is 0 Å². The van der Waals surface area contributed by atoms with Gasteiger partial charge in [0.15, 0.2) is 0 Å². The Kier molecular flexibility index (Phi) is 5.87. The molecule has 0 aliphatic carbocycles. The molecule has 0 unspecified atom stereocenters. The highest BCUT2D eigenvalue weighted by atomic mass is 35.5. The molecule has 124 valence electrons. The van der Waals surface area contributed by atoms with Gasteiger partial charge in [0.05, 0.1) is 12.0 Å². The van der Waals surface area contributed by atoms with E-state index in [2.05, 4.69) is 4.72 Å². The summed E-state index contributed by atoms with van der Waals surface area (Å²) in [6.45, 7) is 0.838. The van der Waals surface area contributed by atoms with Crippen LogP contribution in [0.5, 0.6) is 5.75 Å². The molecule has 0 spiro atoms. The minimum absolute atomic E-state index is 0.215. The zero-order valence-corrected chi connectivity index (χ0v) is 14.6. The number of ether oxygens (including phenoxy) is 1. The number of benzene rings is 2. The molecule has 0 saturated carbocycles. The Morgan fingerprint density at radius 1 is 1.09 bits per heavy atom. The highest BCUT2D eigenvalue weighted by Gasteiger charge is 2.13. The van der Waals surface area contributed by atoms with Crippen LogP contribution >= 0.6 is 11.6 Å². The van der Waals surface area contributed by atoms with Gasteiger partial charge in [0, 0.05) is 30.8 Å². The molecule has 0 saturated heterocycles. The van der Waals surface area contributed by atoms with Gasteiger partial charge in [0.25, 0.3) is 0 Å². The number of sulfonamides is 1. The maximum absolute atomic E-state index is 12.2. The standard InChI is InChI=1S/C16H19ClN2O3S/c1-19(14-5-3-13(17)4-6-14)12-11-18-23(20,21)16-9-7-15(22-2)8-10-16/h3-10,18H,11-12H2,1-2H3. The fourth-order valence-corrected chi connectivity index (χ4v) is 3.16. The zero-order chi connectivity index (χ0) is 16.9. The summed E-state index contributed by atoms with van der Waals surface area (Å²) < 4.78 is 32.0. The molecule has 0 fully saturated rings. The number of hydrogen-bond donors (Lipinski definition) is 1. The first-order chi connectivity index (χ1) is 10.9. The summed E-state index contributed by atoms with van der Waals surface area (Å²) in [7, 11) is -0.0933. The number of likely N-dealkylation sites (N-methyl/N-ethyl adjacent to an activating group) is 1. The molecule has 23 heavy (non-hydrogen) atoms. The van der Waals surface area contributed by atoms with Crippen LogP contribution < -0.4 is 14.4 Å². The van der Waals surface area contributed by atoms with Crippen molar-refractivity contribution in [1.82, 2.24) is 4.72 Å². The first-order valence-corrected chi connectivity index (χ1v) is 8.89. The highest BCUT2D eigenvalue weighted by Crippen LogP contribution is 2.17. The van der Waals surface area contributed by atoms with Crippen molar-refractivity contribution in [1.29, 1.82) is 0 Å². The number of nitrogens with zero attached hydrogens (tertiary/aromatic N) is 1. The van der Waals surface area contributed by atoms with Crippen LogP contribution in [-0.2, 0) is 10.0 Å². The van der Waals surface area contributed by atoms with E-state index in [0.717, 1.165) is 5.69 Å². The average molecular weight is 355 g/mol. The monoisotopic (exact) mass is 354 g/mol. The van der Waals surface area contributed by atoms with Crippen LogP contribution in [0.15, 0.2) is 53.4 Å². The van der Waals surface area contributed by atoms with Gasteiger partial charge >= 0.3 is 0 Å². The SMILES string of the molecule is COc1ccc(S(=O)(=O)NCCN(C)c2ccc(Cl)cc2)cc1. The van der Waals surface area contributed by atoms with E-state index in [0.29, 0.717) is 23.9 Å². The van der Waals surface area contributed by atoms with Gasteiger partial charge in [-0.1, -0.05) is 11.6 Å². The maximum Gasteiger partial charge on any atom is 0.240 e. The number of methoxy groups -OCH3 is 1. The van der Waals surface area contributed by atoms with E-state index in [9.17, 15) is 8.42 Å². The molecular weight excluding hydrogens is 336 g/mol. The lowest BCUT2D eigenvalue weighted by Crippen LogP contribution is -2.33. The maximum atomic E-state index is 12.2. The van der Waals surface area contributed by atoms with Crippen LogP contribution in [0.3, 0.4) is 0 Å². The number of halogens is 1. The summed E-state index contributed by atoms with van der Waals surface area (Å²) in [5, 5.41) is 0.669. The van der Waals surface area contributed by atoms with Crippen LogP contribution in [0.25, 0.3) is 0 Å². The molecule has 2 aromatic rings. The van der Waals surface area contributed by atoms with Gasteiger partial charge in [-0.3, -0.25) is 0 Å².